The largest absolute Gasteiger partial charge is 0.480 e. The number of halogens is 1. The normalized spacial score (nSPS) is 18.9. The third-order valence-electron chi connectivity index (χ3n) is 5.64. The molecule has 1 spiro atoms. The molecule has 2 aliphatic rings. The average Bonchev–Trinajstić information content (AvgIpc) is 3.29. The highest BCUT2D eigenvalue weighted by Gasteiger charge is 2.61. The number of H-pyrrole nitrogens is 1. The molecule has 3 aromatic rings. The smallest absolute Gasteiger partial charge is 0.323 e. The maximum absolute atomic E-state index is 14.0. The lowest BCUT2D eigenvalue weighted by Gasteiger charge is -2.32. The number of para-hydroxylation sites is 1. The number of anilines is 1. The number of rotatable bonds is 3. The van der Waals surface area contributed by atoms with Crippen molar-refractivity contribution in [2.24, 2.45) is 5.73 Å². The first kappa shape index (κ1) is 19.8. The zero-order valence-corrected chi connectivity index (χ0v) is 17.9. The van der Waals surface area contributed by atoms with Crippen molar-refractivity contribution < 1.29 is 19.4 Å². The van der Waals surface area contributed by atoms with E-state index in [-0.39, 0.29) is 17.3 Å². The van der Waals surface area contributed by atoms with Crippen molar-refractivity contribution in [2.45, 2.75) is 5.41 Å². The van der Waals surface area contributed by atoms with Crippen LogP contribution in [-0.4, -0.2) is 33.7 Å². The van der Waals surface area contributed by atoms with E-state index in [1.54, 1.807) is 24.3 Å². The second-order valence-electron chi connectivity index (χ2n) is 7.29. The maximum atomic E-state index is 14.0. The molecule has 10 heteroatoms. The number of hydrogen-bond acceptors (Lipinski definition) is 6. The number of nitrogens with zero attached hydrogens (tertiary/aromatic N) is 3. The van der Waals surface area contributed by atoms with Gasteiger partial charge in [-0.25, -0.2) is 0 Å². The molecule has 32 heavy (non-hydrogen) atoms. The van der Waals surface area contributed by atoms with Gasteiger partial charge in [0, 0.05) is 21.3 Å². The van der Waals surface area contributed by atoms with Crippen molar-refractivity contribution in [1.82, 2.24) is 10.2 Å². The number of nitrogens with two attached hydrogens (primary N) is 1. The van der Waals surface area contributed by atoms with Crippen LogP contribution in [0.25, 0.3) is 11.3 Å². The third-order valence-corrected chi connectivity index (χ3v) is 6.17. The van der Waals surface area contributed by atoms with E-state index in [4.69, 9.17) is 10.5 Å². The van der Waals surface area contributed by atoms with Crippen molar-refractivity contribution in [1.29, 1.82) is 5.26 Å². The molecule has 4 N–H and O–H groups in total. The molecule has 0 bridgehead atoms. The predicted molar refractivity (Wildman–Crippen MR) is 116 cm³/mol. The highest BCUT2D eigenvalue weighted by Crippen LogP contribution is 2.56. The minimum atomic E-state index is -1.70. The number of carboxylic acids is 1. The number of carbonyl (C=O) groups is 2. The van der Waals surface area contributed by atoms with Gasteiger partial charge in [0.05, 0.1) is 11.3 Å². The summed E-state index contributed by atoms with van der Waals surface area (Å²) >= 11 is 3.40. The van der Waals surface area contributed by atoms with Gasteiger partial charge in [0.2, 0.25) is 17.7 Å². The second-order valence-corrected chi connectivity index (χ2v) is 8.21. The molecular formula is C22H14BrN5O4. The molecule has 1 aromatic heterocycles. The zero-order valence-electron chi connectivity index (χ0n) is 16.3. The van der Waals surface area contributed by atoms with E-state index in [1.807, 2.05) is 30.3 Å². The second kappa shape index (κ2) is 6.96. The van der Waals surface area contributed by atoms with Crippen LogP contribution >= 0.6 is 15.9 Å². The molecule has 158 valence electrons. The van der Waals surface area contributed by atoms with E-state index < -0.39 is 23.8 Å². The van der Waals surface area contributed by atoms with Crippen LogP contribution in [0.4, 0.5) is 5.69 Å². The van der Waals surface area contributed by atoms with Gasteiger partial charge in [-0.3, -0.25) is 19.6 Å². The van der Waals surface area contributed by atoms with Crippen LogP contribution in [0.15, 0.2) is 64.5 Å². The van der Waals surface area contributed by atoms with Crippen LogP contribution in [0.5, 0.6) is 5.88 Å². The number of ether oxygens (including phenoxy) is 1. The fraction of sp³-hybridized carbons (Fsp3) is 0.0909. The molecule has 0 saturated carbocycles. The van der Waals surface area contributed by atoms with Gasteiger partial charge in [0.1, 0.15) is 23.6 Å². The van der Waals surface area contributed by atoms with Crippen molar-refractivity contribution in [3.63, 3.8) is 0 Å². The van der Waals surface area contributed by atoms with E-state index in [2.05, 4.69) is 26.1 Å². The molecule has 2 aliphatic heterocycles. The lowest BCUT2D eigenvalue weighted by molar-refractivity contribution is -0.136. The molecule has 1 atom stereocenters. The summed E-state index contributed by atoms with van der Waals surface area (Å²) < 4.78 is 6.48. The highest BCUT2D eigenvalue weighted by atomic mass is 79.9. The molecule has 0 saturated heterocycles. The molecule has 0 unspecified atom stereocenters. The number of carbonyl (C=O) groups excluding carboxylic acids is 1. The average molecular weight is 492 g/mol. The summed E-state index contributed by atoms with van der Waals surface area (Å²) in [5.41, 5.74) is 6.57. The summed E-state index contributed by atoms with van der Waals surface area (Å²) in [6.07, 6.45) is 0. The van der Waals surface area contributed by atoms with Crippen LogP contribution in [-0.2, 0) is 15.0 Å². The molecule has 5 rings (SSSR count). The van der Waals surface area contributed by atoms with Crippen molar-refractivity contribution >= 4 is 33.5 Å². The number of hydrogen-bond donors (Lipinski definition) is 3. The van der Waals surface area contributed by atoms with Gasteiger partial charge in [-0.15, -0.1) is 5.10 Å². The Morgan fingerprint density at radius 3 is 2.69 bits per heavy atom. The number of fused-ring (bicyclic) bond motifs is 4. The van der Waals surface area contributed by atoms with Gasteiger partial charge in [-0.1, -0.05) is 46.3 Å². The summed E-state index contributed by atoms with van der Waals surface area (Å²) in [6.45, 7) is -0.572. The van der Waals surface area contributed by atoms with Gasteiger partial charge >= 0.3 is 5.97 Å². The fourth-order valence-electron chi connectivity index (χ4n) is 4.41. The Hall–Kier alpha value is -4.10. The quantitative estimate of drug-likeness (QED) is 0.510. The Morgan fingerprint density at radius 2 is 2.00 bits per heavy atom. The molecule has 2 aromatic carbocycles. The van der Waals surface area contributed by atoms with Crippen LogP contribution in [0.2, 0.25) is 0 Å². The summed E-state index contributed by atoms with van der Waals surface area (Å²) in [6, 6.07) is 16.1. The minimum Gasteiger partial charge on any atom is -0.480 e. The summed E-state index contributed by atoms with van der Waals surface area (Å²) in [4.78, 5) is 26.7. The van der Waals surface area contributed by atoms with Gasteiger partial charge in [-0.2, -0.15) is 5.26 Å². The van der Waals surface area contributed by atoms with E-state index in [0.29, 0.717) is 28.1 Å². The molecule has 0 aliphatic carbocycles. The number of aliphatic carboxylic acids is 1. The third kappa shape index (κ3) is 2.52. The number of nitriles is 1. The van der Waals surface area contributed by atoms with E-state index >= 15 is 0 Å². The summed E-state index contributed by atoms with van der Waals surface area (Å²) in [5.74, 6) is -1.99. The Bertz CT molecular complexity index is 1370. The standard InChI is InChI=1S/C22H14BrN5O4/c23-12-7-5-11(6-8-12)18-17-20(27-26-18)32-19(25)14(9-24)22(17)13-3-1-2-4-15(13)28(21(22)31)10-16(29)30/h1-8H,10,25H2,(H,26,27)(H,29,30)/t22-/m1/s1. The van der Waals surface area contributed by atoms with Crippen LogP contribution in [0, 0.1) is 11.3 Å². The van der Waals surface area contributed by atoms with Crippen molar-refractivity contribution in [2.75, 3.05) is 11.4 Å². The monoisotopic (exact) mass is 491 g/mol. The predicted octanol–water partition coefficient (Wildman–Crippen LogP) is 2.64. The first-order chi connectivity index (χ1) is 15.4. The number of amides is 1. The summed E-state index contributed by atoms with van der Waals surface area (Å²) in [7, 11) is 0. The van der Waals surface area contributed by atoms with Crippen LogP contribution in [0.1, 0.15) is 11.1 Å². The van der Waals surface area contributed by atoms with Crippen LogP contribution < -0.4 is 15.4 Å². The van der Waals surface area contributed by atoms with E-state index in [9.17, 15) is 20.0 Å². The molecule has 3 heterocycles. The van der Waals surface area contributed by atoms with Crippen molar-refractivity contribution in [3.05, 3.63) is 75.6 Å². The molecule has 1 amide bonds. The fourth-order valence-corrected chi connectivity index (χ4v) is 4.67. The topological polar surface area (TPSA) is 145 Å². The van der Waals surface area contributed by atoms with Gasteiger partial charge in [0.15, 0.2) is 0 Å². The number of carboxylic acid groups (broad SMARTS) is 1. The Morgan fingerprint density at radius 1 is 1.28 bits per heavy atom. The highest BCUT2D eigenvalue weighted by molar-refractivity contribution is 9.10. The van der Waals surface area contributed by atoms with Crippen molar-refractivity contribution in [3.8, 4) is 23.2 Å². The Balaban J connectivity index is 1.87. The Kier molecular flexibility index (Phi) is 4.32. The first-order valence-electron chi connectivity index (χ1n) is 9.45. The number of benzene rings is 2. The number of nitrogens with one attached hydrogen (secondary N) is 1. The number of aromatic nitrogens is 2. The zero-order chi connectivity index (χ0) is 22.6. The lowest BCUT2D eigenvalue weighted by Crippen LogP contribution is -2.47. The van der Waals surface area contributed by atoms with E-state index in [0.717, 1.165) is 9.37 Å². The van der Waals surface area contributed by atoms with Gasteiger partial charge < -0.3 is 15.6 Å². The molecular weight excluding hydrogens is 478 g/mol. The Labute approximate surface area is 189 Å². The van der Waals surface area contributed by atoms with E-state index in [1.165, 1.54) is 0 Å². The SMILES string of the molecule is N#CC1=C(N)Oc2n[nH]c(-c3ccc(Br)cc3)c2[C@]12C(=O)N(CC(=O)O)c1ccccc12. The van der Waals surface area contributed by atoms with Gasteiger partial charge in [-0.05, 0) is 18.2 Å². The summed E-state index contributed by atoms with van der Waals surface area (Å²) in [5, 5.41) is 26.6. The molecule has 0 fully saturated rings. The molecule has 0 radical (unpaired) electrons. The molecule has 9 nitrogen and oxygen atoms in total. The number of aromatic amines is 1. The first-order valence-corrected chi connectivity index (χ1v) is 10.2. The minimum absolute atomic E-state index is 0.0553. The van der Waals surface area contributed by atoms with Gasteiger partial charge in [0.25, 0.3) is 0 Å². The lowest BCUT2D eigenvalue weighted by atomic mass is 9.68. The maximum Gasteiger partial charge on any atom is 0.323 e. The van der Waals surface area contributed by atoms with Crippen LogP contribution in [0.3, 0.4) is 0 Å².